The molecule has 1 amide bonds. The molecule has 0 unspecified atom stereocenters. The van der Waals surface area contributed by atoms with Gasteiger partial charge in [-0.25, -0.2) is 4.98 Å². The monoisotopic (exact) mass is 486 g/mol. The number of rotatable bonds is 6. The molecule has 8 heteroatoms. The SMILES string of the molecule is CCOc1ccc2nc(N3C(=O)C(=O)/C(=C(/O)c4ccccc4)[C@H]3c3ccccc3OC)sc2c1. The number of aliphatic hydroxyl groups is 1. The lowest BCUT2D eigenvalue weighted by Crippen LogP contribution is -2.29. The first kappa shape index (κ1) is 22.6. The summed E-state index contributed by atoms with van der Waals surface area (Å²) in [6.07, 6.45) is 0. The number of Topliss-reactive ketones (excluding diaryl/α,β-unsaturated/α-hetero) is 1. The van der Waals surface area contributed by atoms with Gasteiger partial charge in [0.1, 0.15) is 23.3 Å². The van der Waals surface area contributed by atoms with Crippen molar-refractivity contribution in [3.05, 3.63) is 89.5 Å². The van der Waals surface area contributed by atoms with Gasteiger partial charge in [-0.1, -0.05) is 59.9 Å². The molecule has 1 aliphatic rings. The van der Waals surface area contributed by atoms with Crippen molar-refractivity contribution >= 4 is 44.1 Å². The van der Waals surface area contributed by atoms with E-state index < -0.39 is 17.7 Å². The molecule has 4 aromatic rings. The number of hydrogen-bond donors (Lipinski definition) is 1. The van der Waals surface area contributed by atoms with E-state index in [1.807, 2.05) is 31.2 Å². The van der Waals surface area contributed by atoms with Crippen molar-refractivity contribution in [2.24, 2.45) is 0 Å². The third kappa shape index (κ3) is 3.91. The number of nitrogens with zero attached hydrogens (tertiary/aromatic N) is 2. The molecule has 0 aliphatic carbocycles. The lowest BCUT2D eigenvalue weighted by molar-refractivity contribution is -0.132. The van der Waals surface area contributed by atoms with Crippen LogP contribution in [-0.2, 0) is 9.59 Å². The molecule has 3 aromatic carbocycles. The predicted octanol–water partition coefficient (Wildman–Crippen LogP) is 5.33. The number of hydrogen-bond acceptors (Lipinski definition) is 7. The van der Waals surface area contributed by atoms with Crippen molar-refractivity contribution in [3.8, 4) is 11.5 Å². The van der Waals surface area contributed by atoms with Crippen LogP contribution in [0, 0.1) is 0 Å². The molecule has 1 fully saturated rings. The van der Waals surface area contributed by atoms with Gasteiger partial charge in [0.15, 0.2) is 5.13 Å². The number of methoxy groups -OCH3 is 1. The Balaban J connectivity index is 1.73. The number of para-hydroxylation sites is 1. The van der Waals surface area contributed by atoms with E-state index in [0.29, 0.717) is 39.9 Å². The van der Waals surface area contributed by atoms with Gasteiger partial charge in [0.05, 0.1) is 29.5 Å². The molecule has 0 bridgehead atoms. The van der Waals surface area contributed by atoms with Crippen molar-refractivity contribution in [2.45, 2.75) is 13.0 Å². The zero-order valence-corrected chi connectivity index (χ0v) is 19.9. The highest BCUT2D eigenvalue weighted by Gasteiger charge is 2.49. The van der Waals surface area contributed by atoms with E-state index in [1.165, 1.54) is 23.3 Å². The van der Waals surface area contributed by atoms with Gasteiger partial charge in [-0.3, -0.25) is 14.5 Å². The Morgan fingerprint density at radius 3 is 2.54 bits per heavy atom. The van der Waals surface area contributed by atoms with Gasteiger partial charge in [-0.05, 0) is 31.2 Å². The van der Waals surface area contributed by atoms with E-state index in [0.717, 1.165) is 4.70 Å². The fourth-order valence-electron chi connectivity index (χ4n) is 4.22. The Morgan fingerprint density at radius 1 is 1.06 bits per heavy atom. The third-order valence-corrected chi connectivity index (χ3v) is 6.81. The second kappa shape index (κ2) is 9.23. The largest absolute Gasteiger partial charge is 0.507 e. The normalized spacial score (nSPS) is 17.2. The minimum absolute atomic E-state index is 0.0139. The molecule has 7 nitrogen and oxygen atoms in total. The lowest BCUT2D eigenvalue weighted by Gasteiger charge is -2.24. The molecule has 1 atom stereocenters. The second-order valence-corrected chi connectivity index (χ2v) is 8.85. The summed E-state index contributed by atoms with van der Waals surface area (Å²) in [5.74, 6) is -0.605. The van der Waals surface area contributed by atoms with Crippen LogP contribution in [0.3, 0.4) is 0 Å². The van der Waals surface area contributed by atoms with Crippen molar-refractivity contribution in [3.63, 3.8) is 0 Å². The van der Waals surface area contributed by atoms with E-state index in [9.17, 15) is 14.7 Å². The van der Waals surface area contributed by atoms with Crippen LogP contribution >= 0.6 is 11.3 Å². The number of aromatic nitrogens is 1. The summed E-state index contributed by atoms with van der Waals surface area (Å²) in [6.45, 7) is 2.43. The smallest absolute Gasteiger partial charge is 0.301 e. The maximum absolute atomic E-state index is 13.4. The quantitative estimate of drug-likeness (QED) is 0.225. The van der Waals surface area contributed by atoms with Crippen LogP contribution in [0.2, 0.25) is 0 Å². The Bertz CT molecular complexity index is 1460. The molecule has 1 N–H and O–H groups in total. The Labute approximate surface area is 205 Å². The van der Waals surface area contributed by atoms with E-state index in [-0.39, 0.29) is 11.3 Å². The van der Waals surface area contributed by atoms with Crippen LogP contribution in [0.4, 0.5) is 5.13 Å². The molecular formula is C27H22N2O5S. The number of ether oxygens (including phenoxy) is 2. The maximum Gasteiger partial charge on any atom is 0.301 e. The molecule has 5 rings (SSSR count). The summed E-state index contributed by atoms with van der Waals surface area (Å²) in [4.78, 5) is 32.8. The van der Waals surface area contributed by atoms with Gasteiger partial charge in [0, 0.05) is 11.1 Å². The topological polar surface area (TPSA) is 89.0 Å². The van der Waals surface area contributed by atoms with Gasteiger partial charge < -0.3 is 14.6 Å². The molecule has 176 valence electrons. The summed E-state index contributed by atoms with van der Waals surface area (Å²) in [5.41, 5.74) is 1.68. The number of thiazole rings is 1. The van der Waals surface area contributed by atoms with E-state index in [4.69, 9.17) is 9.47 Å². The van der Waals surface area contributed by atoms with Crippen LogP contribution in [0.1, 0.15) is 24.1 Å². The van der Waals surface area contributed by atoms with Crippen molar-refractivity contribution < 1.29 is 24.2 Å². The van der Waals surface area contributed by atoms with Crippen LogP contribution < -0.4 is 14.4 Å². The summed E-state index contributed by atoms with van der Waals surface area (Å²) >= 11 is 1.28. The highest BCUT2D eigenvalue weighted by Crippen LogP contribution is 2.46. The van der Waals surface area contributed by atoms with Crippen molar-refractivity contribution in [1.82, 2.24) is 4.98 Å². The van der Waals surface area contributed by atoms with E-state index in [1.54, 1.807) is 48.5 Å². The number of fused-ring (bicyclic) bond motifs is 1. The minimum Gasteiger partial charge on any atom is -0.507 e. The highest BCUT2D eigenvalue weighted by molar-refractivity contribution is 7.22. The molecule has 1 aliphatic heterocycles. The van der Waals surface area contributed by atoms with Crippen molar-refractivity contribution in [2.75, 3.05) is 18.6 Å². The van der Waals surface area contributed by atoms with Crippen molar-refractivity contribution in [1.29, 1.82) is 0 Å². The zero-order valence-electron chi connectivity index (χ0n) is 19.1. The van der Waals surface area contributed by atoms with Crippen LogP contribution in [0.25, 0.3) is 16.0 Å². The van der Waals surface area contributed by atoms with Gasteiger partial charge >= 0.3 is 5.91 Å². The summed E-state index contributed by atoms with van der Waals surface area (Å²) < 4.78 is 12.0. The zero-order chi connectivity index (χ0) is 24.5. The Hall–Kier alpha value is -4.17. The molecule has 0 saturated carbocycles. The number of anilines is 1. The second-order valence-electron chi connectivity index (χ2n) is 7.84. The lowest BCUT2D eigenvalue weighted by atomic mass is 9.95. The number of benzene rings is 3. The fourth-order valence-corrected chi connectivity index (χ4v) is 5.24. The number of ketones is 1. The average molecular weight is 487 g/mol. The summed E-state index contributed by atoms with van der Waals surface area (Å²) in [5, 5.41) is 11.6. The number of amides is 1. The highest BCUT2D eigenvalue weighted by atomic mass is 32.1. The van der Waals surface area contributed by atoms with Crippen LogP contribution in [0.5, 0.6) is 11.5 Å². The Kier molecular flexibility index (Phi) is 5.96. The first-order chi connectivity index (χ1) is 17.0. The predicted molar refractivity (Wildman–Crippen MR) is 135 cm³/mol. The summed E-state index contributed by atoms with van der Waals surface area (Å²) in [6, 6.07) is 20.4. The maximum atomic E-state index is 13.4. The van der Waals surface area contributed by atoms with E-state index >= 15 is 0 Å². The third-order valence-electron chi connectivity index (χ3n) is 5.79. The first-order valence-corrected chi connectivity index (χ1v) is 11.9. The van der Waals surface area contributed by atoms with E-state index in [2.05, 4.69) is 4.98 Å². The molecule has 35 heavy (non-hydrogen) atoms. The van der Waals surface area contributed by atoms with Crippen LogP contribution in [0.15, 0.2) is 78.4 Å². The molecule has 0 radical (unpaired) electrons. The average Bonchev–Trinajstić information content (AvgIpc) is 3.42. The number of aliphatic hydroxyl groups excluding tert-OH is 1. The Morgan fingerprint density at radius 2 is 1.80 bits per heavy atom. The standard InChI is InChI=1S/C27H22N2O5S/c1-3-34-17-13-14-19-21(15-17)35-27(28-19)29-23(18-11-7-8-12-20(18)33-2)22(25(31)26(29)32)24(30)16-9-5-4-6-10-16/h4-15,23,30H,3H2,1-2H3/b24-22+/t23-/m1/s1. The molecular weight excluding hydrogens is 464 g/mol. The fraction of sp³-hybridized carbons (Fsp3) is 0.148. The molecule has 1 saturated heterocycles. The van der Waals surface area contributed by atoms with Crippen LogP contribution in [-0.4, -0.2) is 35.5 Å². The first-order valence-electron chi connectivity index (χ1n) is 11.1. The molecule has 0 spiro atoms. The summed E-state index contributed by atoms with van der Waals surface area (Å²) in [7, 11) is 1.52. The minimum atomic E-state index is -0.918. The van der Waals surface area contributed by atoms with Gasteiger partial charge in [-0.15, -0.1) is 0 Å². The number of carbonyl (C=O) groups excluding carboxylic acids is 2. The van der Waals surface area contributed by atoms with Gasteiger partial charge in [0.25, 0.3) is 5.78 Å². The van der Waals surface area contributed by atoms with Gasteiger partial charge in [0.2, 0.25) is 0 Å². The molecule has 2 heterocycles. The van der Waals surface area contributed by atoms with Gasteiger partial charge in [-0.2, -0.15) is 0 Å². The molecule has 1 aromatic heterocycles. The number of carbonyl (C=O) groups is 2.